The Hall–Kier alpha value is -6.49. The zero-order valence-corrected chi connectivity index (χ0v) is 47.1. The van der Waals surface area contributed by atoms with E-state index in [4.69, 9.17) is 18.9 Å². The van der Waals surface area contributed by atoms with Gasteiger partial charge in [-0.3, -0.25) is 19.3 Å². The molecule has 24 heteroatoms. The summed E-state index contributed by atoms with van der Waals surface area (Å²) in [7, 11) is 0. The van der Waals surface area contributed by atoms with E-state index in [1.54, 1.807) is 16.8 Å². The zero-order chi connectivity index (χ0) is 56.7. The van der Waals surface area contributed by atoms with Gasteiger partial charge in [-0.2, -0.15) is 30.2 Å². The zero-order valence-electron chi connectivity index (χ0n) is 45.5. The number of aromatic nitrogens is 3. The molecule has 3 aromatic heterocycles. The van der Waals surface area contributed by atoms with Crippen molar-refractivity contribution in [2.75, 3.05) is 88.8 Å². The van der Waals surface area contributed by atoms with Crippen molar-refractivity contribution in [2.45, 2.75) is 107 Å². The number of benzene rings is 2. The maximum Gasteiger partial charge on any atom is 0.393 e. The number of hydrogen-bond donors (Lipinski definition) is 4. The number of piperidine rings is 1. The third-order valence-electron chi connectivity index (χ3n) is 15.0. The lowest BCUT2D eigenvalue weighted by Gasteiger charge is -2.33. The number of ether oxygens (including phenoxy) is 4. The molecule has 4 aliphatic heterocycles. The summed E-state index contributed by atoms with van der Waals surface area (Å²) in [6, 6.07) is 15.8. The Morgan fingerprint density at radius 2 is 1.81 bits per heavy atom. The van der Waals surface area contributed by atoms with E-state index in [1.165, 1.54) is 18.0 Å². The Bertz CT molecular complexity index is 3120. The number of carbonyl (C=O) groups excluding carboxylic acids is 3. The second-order valence-electron chi connectivity index (χ2n) is 20.7. The number of rotatable bonds is 30. The minimum absolute atomic E-state index is 0.0298. The van der Waals surface area contributed by atoms with Gasteiger partial charge >= 0.3 is 6.18 Å². The molecule has 19 nitrogen and oxygen atoms in total. The van der Waals surface area contributed by atoms with E-state index >= 15 is 0 Å². The number of amides is 3. The number of nitrogens with zero attached hydrogens (tertiary/aromatic N) is 8. The van der Waals surface area contributed by atoms with Crippen LogP contribution in [-0.2, 0) is 54.5 Å². The first-order valence-corrected chi connectivity index (χ1v) is 29.6. The van der Waals surface area contributed by atoms with Gasteiger partial charge in [0, 0.05) is 95.5 Å². The summed E-state index contributed by atoms with van der Waals surface area (Å²) >= 11 is 3.00. The van der Waals surface area contributed by atoms with Gasteiger partial charge in [0.15, 0.2) is 0 Å². The van der Waals surface area contributed by atoms with E-state index in [0.29, 0.717) is 129 Å². The van der Waals surface area contributed by atoms with Crippen molar-refractivity contribution in [3.63, 3.8) is 0 Å². The molecule has 0 aliphatic carbocycles. The van der Waals surface area contributed by atoms with Gasteiger partial charge < -0.3 is 44.8 Å². The monoisotopic (exact) mass is 1160 g/mol. The lowest BCUT2D eigenvalue weighted by atomic mass is 9.94. The van der Waals surface area contributed by atoms with Crippen LogP contribution < -0.4 is 26.0 Å². The van der Waals surface area contributed by atoms with Crippen LogP contribution in [0.4, 0.5) is 24.7 Å². The Balaban J connectivity index is 0.666. The van der Waals surface area contributed by atoms with E-state index in [2.05, 4.69) is 78.2 Å². The number of thiophene rings is 1. The number of fused-ring (bicyclic) bond motifs is 3. The van der Waals surface area contributed by atoms with E-state index in [1.807, 2.05) is 40.7 Å². The van der Waals surface area contributed by atoms with Crippen molar-refractivity contribution in [1.82, 2.24) is 30.1 Å². The fraction of sp³-hybridized carbons (Fsp3) is 0.526. The van der Waals surface area contributed by atoms with Crippen molar-refractivity contribution in [3.05, 3.63) is 88.7 Å². The summed E-state index contributed by atoms with van der Waals surface area (Å²) < 4.78 is 66.3. The fourth-order valence-electron chi connectivity index (χ4n) is 10.7. The van der Waals surface area contributed by atoms with Crippen LogP contribution in [-0.4, -0.2) is 156 Å². The van der Waals surface area contributed by atoms with Gasteiger partial charge in [0.25, 0.3) is 6.04 Å². The SMILES string of the molecule is C=CC(=O)Nc1ccc(CCn2c(C#N)cc3c(C)c(CN4CCC(Nc5ncnc6sc(CC(F)(F)F)cc56)CC4)ccc32)cc1OCC1C=[N+](CCOCCOCCOCCNC(=O)CCCC[C@H]2SC[C@H]3NC(=O)C[C@H]32)N=N1. The molecule has 0 spiro atoms. The number of thioether (sulfide) groups is 1. The second kappa shape index (κ2) is 28.5. The molecule has 3 fully saturated rings. The molecule has 3 saturated heterocycles. The molecule has 4 N–H and O–H groups in total. The van der Waals surface area contributed by atoms with Gasteiger partial charge in [0.2, 0.25) is 17.7 Å². The molecule has 81 heavy (non-hydrogen) atoms. The van der Waals surface area contributed by atoms with E-state index in [0.717, 1.165) is 90.9 Å². The molecule has 4 aliphatic rings. The number of likely N-dealkylation sites (tertiary alicyclic amines) is 1. The molecule has 4 atom stereocenters. The van der Waals surface area contributed by atoms with Crippen LogP contribution in [0, 0.1) is 24.2 Å². The Kier molecular flexibility index (Phi) is 20.8. The van der Waals surface area contributed by atoms with Crippen LogP contribution in [0.15, 0.2) is 71.8 Å². The van der Waals surface area contributed by atoms with Crippen molar-refractivity contribution in [3.8, 4) is 11.8 Å². The van der Waals surface area contributed by atoms with E-state index < -0.39 is 12.6 Å². The lowest BCUT2D eigenvalue weighted by molar-refractivity contribution is -0.534. The van der Waals surface area contributed by atoms with E-state index in [9.17, 15) is 32.8 Å². The highest BCUT2D eigenvalue weighted by Gasteiger charge is 2.42. The maximum atomic E-state index is 13.1. The summed E-state index contributed by atoms with van der Waals surface area (Å²) in [4.78, 5) is 48.1. The van der Waals surface area contributed by atoms with E-state index in [-0.39, 0.29) is 41.3 Å². The number of nitrogens with one attached hydrogen (secondary N) is 4. The molecule has 9 rings (SSSR count). The number of unbranched alkanes of at least 4 members (excludes halogenated alkanes) is 1. The number of halogens is 3. The van der Waals surface area contributed by atoms with Gasteiger partial charge in [-0.05, 0) is 92.1 Å². The quantitative estimate of drug-likeness (QED) is 0.0195. The molecule has 0 radical (unpaired) electrons. The second-order valence-corrected chi connectivity index (χ2v) is 23.1. The van der Waals surface area contributed by atoms with Gasteiger partial charge in [0.1, 0.15) is 59.1 Å². The van der Waals surface area contributed by atoms with Crippen molar-refractivity contribution >= 4 is 79.7 Å². The van der Waals surface area contributed by atoms with Crippen LogP contribution in [0.2, 0.25) is 0 Å². The average molecular weight is 1160 g/mol. The van der Waals surface area contributed by atoms with Crippen LogP contribution in [0.3, 0.4) is 0 Å². The van der Waals surface area contributed by atoms with Crippen LogP contribution in [0.25, 0.3) is 21.1 Å². The first-order valence-electron chi connectivity index (χ1n) is 27.7. The molecule has 0 bridgehead atoms. The molecule has 0 saturated carbocycles. The summed E-state index contributed by atoms with van der Waals surface area (Å²) in [5, 5.41) is 33.3. The van der Waals surface area contributed by atoms with Crippen molar-refractivity contribution in [1.29, 1.82) is 5.26 Å². The predicted octanol–water partition coefficient (Wildman–Crippen LogP) is 7.93. The highest BCUT2D eigenvalue weighted by molar-refractivity contribution is 8.00. The number of anilines is 2. The number of nitriles is 1. The third-order valence-corrected chi connectivity index (χ3v) is 17.6. The Morgan fingerprint density at radius 3 is 2.60 bits per heavy atom. The molecular weight excluding hydrogens is 1090 g/mol. The van der Waals surface area contributed by atoms with Gasteiger partial charge in [-0.15, -0.1) is 16.0 Å². The molecule has 3 amide bonds. The smallest absolute Gasteiger partial charge is 0.393 e. The predicted molar refractivity (Wildman–Crippen MR) is 305 cm³/mol. The van der Waals surface area contributed by atoms with Crippen LogP contribution in [0.5, 0.6) is 5.75 Å². The van der Waals surface area contributed by atoms with Crippen molar-refractivity contribution in [2.24, 2.45) is 16.3 Å². The highest BCUT2D eigenvalue weighted by atomic mass is 32.2. The lowest BCUT2D eigenvalue weighted by Crippen LogP contribution is -2.39. The number of aryl methyl sites for hydroxylation is 3. The molecule has 432 valence electrons. The number of hydrogen-bond acceptors (Lipinski definition) is 16. The topological polar surface area (TPSA) is 222 Å². The average Bonchev–Trinajstić information content (AvgIpc) is 4.50. The van der Waals surface area contributed by atoms with Crippen LogP contribution >= 0.6 is 23.1 Å². The Labute approximate surface area is 477 Å². The first-order chi connectivity index (χ1) is 39.3. The summed E-state index contributed by atoms with van der Waals surface area (Å²) in [5.74, 6) is 2.30. The van der Waals surface area contributed by atoms with Gasteiger partial charge in [0.05, 0.1) is 57.1 Å². The van der Waals surface area contributed by atoms with Gasteiger partial charge in [-0.1, -0.05) is 25.1 Å². The molecule has 1 unspecified atom stereocenters. The fourth-order valence-corrected chi connectivity index (χ4v) is 13.4. The standard InChI is InChI=1S/C57H69F3N12O7S2/c1-3-52(73)66-47-10-8-38(26-50(47)79-34-41-33-71(69-68-41)19-21-77-23-25-78-24-22-76-20-15-62-53(74)7-5-4-6-51-45-29-54(75)67-48(45)35-80-51)12-18-72-42(31-61)27-44-37(2)39(9-11-49(44)72)32-70-16-13-40(14-17-70)65-55-46-28-43(30-57(58,59)60)81-56(46)64-36-63-55/h3,8-11,26-28,33,36,40-41,45,48,51H,1,4-7,12-25,29-30,32,34-35H2,2H3,(H3-,62,63,64,65,66,67,73,74,75)/p+1/t41?,45-,48-,51-/m1/s1. The number of alkyl halides is 3. The molecule has 5 aromatic rings. The maximum absolute atomic E-state index is 13.1. The molecule has 2 aromatic carbocycles. The molecular formula is C57H70F3N12O7S2+. The summed E-state index contributed by atoms with van der Waals surface area (Å²) in [5.41, 5.74) is 5.23. The minimum atomic E-state index is -4.29. The number of carbonyl (C=O) groups is 3. The minimum Gasteiger partial charge on any atom is -0.486 e. The Morgan fingerprint density at radius 1 is 1.01 bits per heavy atom. The largest absolute Gasteiger partial charge is 0.486 e. The van der Waals surface area contributed by atoms with Gasteiger partial charge in [-0.25, -0.2) is 9.97 Å². The highest BCUT2D eigenvalue weighted by Crippen LogP contribution is 2.41. The first kappa shape index (κ1) is 59.1. The summed E-state index contributed by atoms with van der Waals surface area (Å²) in [6.07, 6.45) is 5.43. The van der Waals surface area contributed by atoms with Crippen LogP contribution in [0.1, 0.15) is 72.2 Å². The third kappa shape index (κ3) is 16.6. The molecule has 7 heterocycles. The van der Waals surface area contributed by atoms with Crippen molar-refractivity contribution < 1.29 is 51.2 Å². The summed E-state index contributed by atoms with van der Waals surface area (Å²) in [6.45, 7) is 12.2. The normalized spacial score (nSPS) is 19.2.